The first-order valence-corrected chi connectivity index (χ1v) is 9.99. The van der Waals surface area contributed by atoms with Gasteiger partial charge in [0.15, 0.2) is 11.5 Å². The molecule has 6 nitrogen and oxygen atoms in total. The van der Waals surface area contributed by atoms with Crippen LogP contribution in [0.2, 0.25) is 0 Å². The zero-order chi connectivity index (χ0) is 19.8. The fourth-order valence-corrected chi connectivity index (χ4v) is 4.30. The summed E-state index contributed by atoms with van der Waals surface area (Å²) >= 11 is 0. The van der Waals surface area contributed by atoms with E-state index in [0.717, 1.165) is 17.9 Å². The first kappa shape index (κ1) is 18.1. The number of nitrogens with zero attached hydrogens (tertiary/aromatic N) is 1. The normalized spacial score (nSPS) is 17.1. The van der Waals surface area contributed by atoms with Gasteiger partial charge >= 0.3 is 0 Å². The van der Waals surface area contributed by atoms with Crippen LogP contribution in [0.25, 0.3) is 11.0 Å². The molecule has 5 rings (SSSR count). The van der Waals surface area contributed by atoms with E-state index in [0.29, 0.717) is 35.2 Å². The van der Waals surface area contributed by atoms with Crippen LogP contribution in [0.1, 0.15) is 31.2 Å². The largest absolute Gasteiger partial charge is 0.493 e. The van der Waals surface area contributed by atoms with E-state index in [1.165, 1.54) is 31.9 Å². The van der Waals surface area contributed by atoms with Crippen LogP contribution in [0.3, 0.4) is 0 Å². The maximum Gasteiger partial charge on any atom is 0.235 e. The topological polar surface area (TPSA) is 61.1 Å². The molecule has 2 aromatic carbocycles. The number of ether oxygens (including phenoxy) is 3. The number of methoxy groups -OCH3 is 1. The molecule has 2 aliphatic rings. The summed E-state index contributed by atoms with van der Waals surface area (Å²) < 4.78 is 23.0. The summed E-state index contributed by atoms with van der Waals surface area (Å²) in [6.07, 6.45) is 6.31. The van der Waals surface area contributed by atoms with Crippen LogP contribution in [-0.2, 0) is 6.54 Å². The number of benzene rings is 2. The number of hydrogen-bond donors (Lipinski definition) is 0. The van der Waals surface area contributed by atoms with Crippen molar-refractivity contribution < 1.29 is 18.6 Å². The number of rotatable bonds is 4. The van der Waals surface area contributed by atoms with Gasteiger partial charge in [0, 0.05) is 12.6 Å². The monoisotopic (exact) mass is 393 g/mol. The van der Waals surface area contributed by atoms with Crippen molar-refractivity contribution in [2.24, 2.45) is 0 Å². The zero-order valence-electron chi connectivity index (χ0n) is 16.3. The van der Waals surface area contributed by atoms with E-state index in [9.17, 15) is 4.79 Å². The van der Waals surface area contributed by atoms with Crippen LogP contribution < -0.4 is 19.6 Å². The average Bonchev–Trinajstić information content (AvgIpc) is 3.30. The van der Waals surface area contributed by atoms with Crippen molar-refractivity contribution in [3.63, 3.8) is 0 Å². The molecule has 29 heavy (non-hydrogen) atoms. The van der Waals surface area contributed by atoms with Crippen molar-refractivity contribution in [1.82, 2.24) is 4.90 Å². The van der Waals surface area contributed by atoms with Gasteiger partial charge in [-0.05, 0) is 37.1 Å². The third-order valence-corrected chi connectivity index (χ3v) is 5.85. The van der Waals surface area contributed by atoms with E-state index in [4.69, 9.17) is 18.6 Å². The molecule has 1 aromatic heterocycles. The van der Waals surface area contributed by atoms with Crippen LogP contribution in [0.5, 0.6) is 23.0 Å². The molecule has 0 radical (unpaired) electrons. The van der Waals surface area contributed by atoms with Crippen LogP contribution in [0, 0.1) is 0 Å². The maximum atomic E-state index is 13.1. The van der Waals surface area contributed by atoms with E-state index < -0.39 is 0 Å². The highest BCUT2D eigenvalue weighted by molar-refractivity contribution is 5.83. The third kappa shape index (κ3) is 3.23. The second-order valence-corrected chi connectivity index (χ2v) is 7.56. The minimum Gasteiger partial charge on any atom is -0.493 e. The van der Waals surface area contributed by atoms with Gasteiger partial charge in [0.2, 0.25) is 11.2 Å². The first-order chi connectivity index (χ1) is 14.2. The van der Waals surface area contributed by atoms with Gasteiger partial charge in [-0.25, -0.2) is 0 Å². The number of fused-ring (bicyclic) bond motifs is 3. The fourth-order valence-electron chi connectivity index (χ4n) is 4.30. The Morgan fingerprint density at radius 2 is 1.83 bits per heavy atom. The van der Waals surface area contributed by atoms with E-state index in [1.54, 1.807) is 25.3 Å². The van der Waals surface area contributed by atoms with Crippen LogP contribution >= 0.6 is 0 Å². The van der Waals surface area contributed by atoms with Crippen molar-refractivity contribution in [3.05, 3.63) is 58.4 Å². The lowest BCUT2D eigenvalue weighted by Crippen LogP contribution is -2.39. The van der Waals surface area contributed by atoms with Crippen LogP contribution in [-0.4, -0.2) is 24.8 Å². The van der Waals surface area contributed by atoms with Crippen molar-refractivity contribution in [2.75, 3.05) is 13.8 Å². The summed E-state index contributed by atoms with van der Waals surface area (Å²) in [6.45, 7) is 1.31. The molecule has 1 aliphatic carbocycles. The van der Waals surface area contributed by atoms with Crippen molar-refractivity contribution in [2.45, 2.75) is 38.3 Å². The quantitative estimate of drug-likeness (QED) is 0.641. The molecule has 0 saturated heterocycles. The SMILES string of the molecule is COc1ccccc1Oc1coc2c3c(ccc2c1=O)OCN(C1CCCC1)C3. The molecule has 1 fully saturated rings. The molecule has 6 heteroatoms. The van der Waals surface area contributed by atoms with Crippen molar-refractivity contribution in [1.29, 1.82) is 0 Å². The molecule has 0 bridgehead atoms. The summed E-state index contributed by atoms with van der Waals surface area (Å²) in [6, 6.07) is 11.3. The number of hydrogen-bond acceptors (Lipinski definition) is 6. The predicted octanol–water partition coefficient (Wildman–Crippen LogP) is 4.69. The summed E-state index contributed by atoms with van der Waals surface area (Å²) in [7, 11) is 1.56. The molecule has 2 heterocycles. The van der Waals surface area contributed by atoms with Crippen molar-refractivity contribution in [3.8, 4) is 23.0 Å². The average molecular weight is 393 g/mol. The second-order valence-electron chi connectivity index (χ2n) is 7.56. The number of para-hydroxylation sites is 2. The molecule has 0 amide bonds. The van der Waals surface area contributed by atoms with Gasteiger partial charge in [-0.1, -0.05) is 25.0 Å². The minimum absolute atomic E-state index is 0.131. The highest BCUT2D eigenvalue weighted by Gasteiger charge is 2.29. The van der Waals surface area contributed by atoms with Gasteiger partial charge in [0.25, 0.3) is 0 Å². The predicted molar refractivity (Wildman–Crippen MR) is 109 cm³/mol. The van der Waals surface area contributed by atoms with Gasteiger partial charge in [-0.2, -0.15) is 0 Å². The van der Waals surface area contributed by atoms with E-state index in [-0.39, 0.29) is 11.2 Å². The van der Waals surface area contributed by atoms with Gasteiger partial charge < -0.3 is 18.6 Å². The molecule has 3 aromatic rings. The lowest BCUT2D eigenvalue weighted by Gasteiger charge is -2.33. The molecular formula is C23H23NO5. The van der Waals surface area contributed by atoms with Crippen molar-refractivity contribution >= 4 is 11.0 Å². The lowest BCUT2D eigenvalue weighted by atomic mass is 10.1. The standard InChI is InChI=1S/C23H23NO5/c1-26-19-8-4-5-9-20(19)29-21-13-27-23-16(22(21)25)10-11-18-17(23)12-24(14-28-18)15-6-2-3-7-15/h4-5,8-11,13,15H,2-3,6-7,12,14H2,1H3. The summed E-state index contributed by atoms with van der Waals surface area (Å²) in [5, 5.41) is 0.494. The van der Waals surface area contributed by atoms with Gasteiger partial charge in [0.05, 0.1) is 18.1 Å². The Hall–Kier alpha value is -2.99. The molecule has 1 saturated carbocycles. The van der Waals surface area contributed by atoms with E-state index in [1.807, 2.05) is 18.2 Å². The van der Waals surface area contributed by atoms with Gasteiger partial charge in [-0.3, -0.25) is 9.69 Å². The third-order valence-electron chi connectivity index (χ3n) is 5.85. The molecule has 1 aliphatic heterocycles. The van der Waals surface area contributed by atoms with Gasteiger partial charge in [-0.15, -0.1) is 0 Å². The maximum absolute atomic E-state index is 13.1. The summed E-state index contributed by atoms with van der Waals surface area (Å²) in [5.74, 6) is 1.94. The highest BCUT2D eigenvalue weighted by Crippen LogP contribution is 2.36. The van der Waals surface area contributed by atoms with Crippen LogP contribution in [0.15, 0.2) is 51.9 Å². The lowest BCUT2D eigenvalue weighted by molar-refractivity contribution is 0.0581. The fraction of sp³-hybridized carbons (Fsp3) is 0.348. The molecular weight excluding hydrogens is 370 g/mol. The first-order valence-electron chi connectivity index (χ1n) is 9.99. The second kappa shape index (κ2) is 7.44. The van der Waals surface area contributed by atoms with Gasteiger partial charge in [0.1, 0.15) is 24.3 Å². The Morgan fingerprint density at radius 3 is 2.62 bits per heavy atom. The summed E-state index contributed by atoms with van der Waals surface area (Å²) in [5.41, 5.74) is 1.29. The minimum atomic E-state index is -0.210. The molecule has 0 N–H and O–H groups in total. The molecule has 0 atom stereocenters. The Kier molecular flexibility index (Phi) is 4.64. The Balaban J connectivity index is 1.51. The Morgan fingerprint density at radius 1 is 1.03 bits per heavy atom. The van der Waals surface area contributed by atoms with E-state index in [2.05, 4.69) is 4.90 Å². The Labute approximate surface area is 168 Å². The molecule has 150 valence electrons. The highest BCUT2D eigenvalue weighted by atomic mass is 16.5. The Bertz CT molecular complexity index is 1100. The smallest absolute Gasteiger partial charge is 0.235 e. The zero-order valence-corrected chi connectivity index (χ0v) is 16.3. The molecule has 0 unspecified atom stereocenters. The summed E-state index contributed by atoms with van der Waals surface area (Å²) in [4.78, 5) is 15.4. The van der Waals surface area contributed by atoms with Crippen LogP contribution in [0.4, 0.5) is 0 Å². The molecule has 0 spiro atoms. The van der Waals surface area contributed by atoms with E-state index >= 15 is 0 Å².